The molecule has 2 heterocycles. The van der Waals surface area contributed by atoms with Crippen LogP contribution in [-0.4, -0.2) is 34.9 Å². The Balaban J connectivity index is 1.63. The Morgan fingerprint density at radius 2 is 1.93 bits per heavy atom. The number of nitrogens with one attached hydrogen (secondary N) is 2. The number of anilines is 1. The summed E-state index contributed by atoms with van der Waals surface area (Å²) in [6.07, 6.45) is 1.70. The fourth-order valence-corrected chi connectivity index (χ4v) is 3.36. The van der Waals surface area contributed by atoms with Gasteiger partial charge in [-0.2, -0.15) is 0 Å². The average molecular weight is 396 g/mol. The molecular formula is C20H20N4O3S. The monoisotopic (exact) mass is 396 g/mol. The third-order valence-corrected chi connectivity index (χ3v) is 4.92. The van der Waals surface area contributed by atoms with Gasteiger partial charge in [-0.1, -0.05) is 6.07 Å². The maximum Gasteiger partial charge on any atom is 0.267 e. The molecule has 3 rings (SSSR count). The summed E-state index contributed by atoms with van der Waals surface area (Å²) in [4.78, 5) is 33.3. The standard InChI is InChI=1S/C20H20N4O3S/c1-3-21-17(25)12-27-15-9-7-14(8-10-15)24-19(26)18-13(2)23-20(28-18)16-6-4-5-11-22-16/h4-11H,3,12H2,1-2H3,(H,21,25)(H,24,26). The Morgan fingerprint density at radius 1 is 1.14 bits per heavy atom. The van der Waals surface area contributed by atoms with Crippen LogP contribution in [0.5, 0.6) is 5.75 Å². The predicted octanol–water partition coefficient (Wildman–Crippen LogP) is 3.28. The van der Waals surface area contributed by atoms with E-state index >= 15 is 0 Å². The highest BCUT2D eigenvalue weighted by Crippen LogP contribution is 2.27. The van der Waals surface area contributed by atoms with E-state index in [1.54, 1.807) is 37.4 Å². The first-order valence-corrected chi connectivity index (χ1v) is 9.58. The molecule has 28 heavy (non-hydrogen) atoms. The smallest absolute Gasteiger partial charge is 0.267 e. The van der Waals surface area contributed by atoms with Gasteiger partial charge in [0.2, 0.25) is 0 Å². The highest BCUT2D eigenvalue weighted by molar-refractivity contribution is 7.17. The molecule has 2 aromatic heterocycles. The molecule has 0 spiro atoms. The van der Waals surface area contributed by atoms with Gasteiger partial charge in [-0.05, 0) is 50.2 Å². The Hall–Kier alpha value is -3.26. The van der Waals surface area contributed by atoms with Crippen LogP contribution in [0.15, 0.2) is 48.7 Å². The zero-order chi connectivity index (χ0) is 19.9. The molecule has 2 amide bonds. The molecule has 0 saturated heterocycles. The number of aryl methyl sites for hydroxylation is 1. The first-order valence-electron chi connectivity index (χ1n) is 8.76. The van der Waals surface area contributed by atoms with Gasteiger partial charge in [-0.3, -0.25) is 14.6 Å². The minimum absolute atomic E-state index is 0.0457. The molecule has 0 atom stereocenters. The lowest BCUT2D eigenvalue weighted by molar-refractivity contribution is -0.122. The summed E-state index contributed by atoms with van der Waals surface area (Å²) in [7, 11) is 0. The number of carbonyl (C=O) groups is 2. The number of likely N-dealkylation sites (N-methyl/N-ethyl adjacent to an activating group) is 1. The number of thiazole rings is 1. The van der Waals surface area contributed by atoms with Crippen molar-refractivity contribution in [2.24, 2.45) is 0 Å². The van der Waals surface area contributed by atoms with Crippen molar-refractivity contribution < 1.29 is 14.3 Å². The first kappa shape index (κ1) is 19.5. The van der Waals surface area contributed by atoms with E-state index in [-0.39, 0.29) is 18.4 Å². The van der Waals surface area contributed by atoms with Crippen LogP contribution in [0.3, 0.4) is 0 Å². The van der Waals surface area contributed by atoms with Crippen LogP contribution < -0.4 is 15.4 Å². The molecule has 1 aromatic carbocycles. The van der Waals surface area contributed by atoms with Gasteiger partial charge in [0, 0.05) is 18.4 Å². The molecule has 2 N–H and O–H groups in total. The summed E-state index contributed by atoms with van der Waals surface area (Å²) in [5, 5.41) is 6.22. The number of pyridine rings is 1. The van der Waals surface area contributed by atoms with E-state index in [1.165, 1.54) is 11.3 Å². The van der Waals surface area contributed by atoms with Gasteiger partial charge in [0.15, 0.2) is 6.61 Å². The van der Waals surface area contributed by atoms with Crippen LogP contribution in [0.25, 0.3) is 10.7 Å². The third-order valence-electron chi connectivity index (χ3n) is 3.74. The van der Waals surface area contributed by atoms with Gasteiger partial charge in [-0.15, -0.1) is 11.3 Å². The summed E-state index contributed by atoms with van der Waals surface area (Å²) >= 11 is 1.30. The van der Waals surface area contributed by atoms with E-state index in [1.807, 2.05) is 25.1 Å². The molecule has 0 saturated carbocycles. The number of hydrogen-bond donors (Lipinski definition) is 2. The van der Waals surface area contributed by atoms with Gasteiger partial charge < -0.3 is 15.4 Å². The van der Waals surface area contributed by atoms with Crippen molar-refractivity contribution in [3.63, 3.8) is 0 Å². The van der Waals surface area contributed by atoms with Crippen LogP contribution in [-0.2, 0) is 4.79 Å². The van der Waals surface area contributed by atoms with Crippen LogP contribution in [0.2, 0.25) is 0 Å². The van der Waals surface area contributed by atoms with E-state index in [4.69, 9.17) is 4.74 Å². The zero-order valence-electron chi connectivity index (χ0n) is 15.6. The average Bonchev–Trinajstić information content (AvgIpc) is 3.10. The Bertz CT molecular complexity index is 955. The van der Waals surface area contributed by atoms with E-state index < -0.39 is 0 Å². The maximum atomic E-state index is 12.6. The van der Waals surface area contributed by atoms with Gasteiger partial charge in [-0.25, -0.2) is 4.98 Å². The van der Waals surface area contributed by atoms with Crippen molar-refractivity contribution in [2.45, 2.75) is 13.8 Å². The number of carbonyl (C=O) groups excluding carboxylic acids is 2. The molecule has 0 fully saturated rings. The van der Waals surface area contributed by atoms with Gasteiger partial charge in [0.05, 0.1) is 11.4 Å². The second-order valence-electron chi connectivity index (χ2n) is 5.87. The lowest BCUT2D eigenvalue weighted by Gasteiger charge is -2.08. The number of nitrogens with zero attached hydrogens (tertiary/aromatic N) is 2. The number of benzene rings is 1. The summed E-state index contributed by atoms with van der Waals surface area (Å²) in [5.74, 6) is 0.146. The molecule has 144 valence electrons. The van der Waals surface area contributed by atoms with Crippen LogP contribution >= 0.6 is 11.3 Å². The maximum absolute atomic E-state index is 12.6. The summed E-state index contributed by atoms with van der Waals surface area (Å²) in [6.45, 7) is 4.16. The molecule has 0 aliphatic rings. The second kappa shape index (κ2) is 9.09. The fraction of sp³-hybridized carbons (Fsp3) is 0.200. The van der Waals surface area contributed by atoms with Gasteiger partial charge in [0.1, 0.15) is 15.6 Å². The number of aromatic nitrogens is 2. The van der Waals surface area contributed by atoms with E-state index in [0.29, 0.717) is 33.6 Å². The summed E-state index contributed by atoms with van der Waals surface area (Å²) < 4.78 is 5.40. The highest BCUT2D eigenvalue weighted by atomic mass is 32.1. The molecule has 0 radical (unpaired) electrons. The predicted molar refractivity (Wildman–Crippen MR) is 109 cm³/mol. The SMILES string of the molecule is CCNC(=O)COc1ccc(NC(=O)c2sc(-c3ccccn3)nc2C)cc1. The highest BCUT2D eigenvalue weighted by Gasteiger charge is 2.17. The first-order chi connectivity index (χ1) is 13.6. The largest absolute Gasteiger partial charge is 0.484 e. The third kappa shape index (κ3) is 4.92. The molecule has 0 aliphatic heterocycles. The molecule has 7 nitrogen and oxygen atoms in total. The number of amides is 2. The minimum Gasteiger partial charge on any atom is -0.484 e. The summed E-state index contributed by atoms with van der Waals surface area (Å²) in [5.41, 5.74) is 2.02. The molecule has 8 heteroatoms. The quantitative estimate of drug-likeness (QED) is 0.639. The Kier molecular flexibility index (Phi) is 6.33. The minimum atomic E-state index is -0.229. The Labute approximate surface area is 166 Å². The Morgan fingerprint density at radius 3 is 2.61 bits per heavy atom. The number of rotatable bonds is 7. The van der Waals surface area contributed by atoms with Crippen molar-refractivity contribution in [1.29, 1.82) is 0 Å². The van der Waals surface area contributed by atoms with Crippen molar-refractivity contribution in [3.05, 3.63) is 59.2 Å². The lowest BCUT2D eigenvalue weighted by Crippen LogP contribution is -2.28. The lowest BCUT2D eigenvalue weighted by atomic mass is 10.3. The second-order valence-corrected chi connectivity index (χ2v) is 6.87. The molecule has 0 bridgehead atoms. The van der Waals surface area contributed by atoms with Crippen LogP contribution in [0.1, 0.15) is 22.3 Å². The van der Waals surface area contributed by atoms with Gasteiger partial charge in [0.25, 0.3) is 11.8 Å². The van der Waals surface area contributed by atoms with Crippen molar-refractivity contribution in [1.82, 2.24) is 15.3 Å². The van der Waals surface area contributed by atoms with E-state index in [0.717, 1.165) is 5.69 Å². The van der Waals surface area contributed by atoms with E-state index in [9.17, 15) is 9.59 Å². The van der Waals surface area contributed by atoms with Crippen LogP contribution in [0, 0.1) is 6.92 Å². The molecule has 0 aliphatic carbocycles. The molecular weight excluding hydrogens is 376 g/mol. The van der Waals surface area contributed by atoms with Crippen molar-refractivity contribution in [2.75, 3.05) is 18.5 Å². The van der Waals surface area contributed by atoms with E-state index in [2.05, 4.69) is 20.6 Å². The molecule has 3 aromatic rings. The normalized spacial score (nSPS) is 10.4. The number of ether oxygens (including phenoxy) is 1. The van der Waals surface area contributed by atoms with Crippen LogP contribution in [0.4, 0.5) is 5.69 Å². The van der Waals surface area contributed by atoms with Crippen molar-refractivity contribution >= 4 is 28.8 Å². The topological polar surface area (TPSA) is 93.2 Å². The number of hydrogen-bond acceptors (Lipinski definition) is 6. The van der Waals surface area contributed by atoms with Crippen molar-refractivity contribution in [3.8, 4) is 16.5 Å². The fourth-order valence-electron chi connectivity index (χ4n) is 2.43. The van der Waals surface area contributed by atoms with Gasteiger partial charge >= 0.3 is 0 Å². The zero-order valence-corrected chi connectivity index (χ0v) is 16.4. The summed E-state index contributed by atoms with van der Waals surface area (Å²) in [6, 6.07) is 12.4. The molecule has 0 unspecified atom stereocenters.